The molecule has 0 bridgehead atoms. The second kappa shape index (κ2) is 6.92. The molecule has 2 aromatic carbocycles. The van der Waals surface area contributed by atoms with Gasteiger partial charge in [-0.15, -0.1) is 0 Å². The van der Waals surface area contributed by atoms with E-state index in [9.17, 15) is 43.9 Å². The lowest BCUT2D eigenvalue weighted by Gasteiger charge is -2.11. The highest BCUT2D eigenvalue weighted by molar-refractivity contribution is 5.98. The fourth-order valence-corrected chi connectivity index (χ4v) is 2.79. The molecular formula is C17HF10N3O. The Bertz CT molecular complexity index is 1240. The lowest BCUT2D eigenvalue weighted by molar-refractivity contribution is 0.315. The van der Waals surface area contributed by atoms with Crippen molar-refractivity contribution in [1.29, 1.82) is 0 Å². The number of rotatable bonds is 2. The average molecular weight is 453 g/mol. The summed E-state index contributed by atoms with van der Waals surface area (Å²) in [5.41, 5.74) is -6.82. The third-order valence-electron chi connectivity index (χ3n) is 4.22. The monoisotopic (exact) mass is 453 g/mol. The minimum atomic E-state index is -2.47. The number of hydrogen-bond donors (Lipinski definition) is 0. The zero-order chi connectivity index (χ0) is 22.8. The van der Waals surface area contributed by atoms with Crippen molar-refractivity contribution in [1.82, 2.24) is 15.3 Å². The van der Waals surface area contributed by atoms with Crippen LogP contribution in [0.3, 0.4) is 0 Å². The molecule has 0 amide bonds. The molecule has 2 heterocycles. The van der Waals surface area contributed by atoms with E-state index in [4.69, 9.17) is 0 Å². The van der Waals surface area contributed by atoms with Gasteiger partial charge in [0.25, 0.3) is 0 Å². The summed E-state index contributed by atoms with van der Waals surface area (Å²) < 4.78 is 141. The summed E-state index contributed by atoms with van der Waals surface area (Å²) in [6, 6.07) is 0. The Labute approximate surface area is 162 Å². The summed E-state index contributed by atoms with van der Waals surface area (Å²) in [5.74, 6) is -23.5. The second-order valence-electron chi connectivity index (χ2n) is 5.87. The van der Waals surface area contributed by atoms with Gasteiger partial charge in [-0.05, 0) is 10.3 Å². The van der Waals surface area contributed by atoms with Gasteiger partial charge in [-0.25, -0.2) is 48.5 Å². The first-order valence-electron chi connectivity index (χ1n) is 7.72. The lowest BCUT2D eigenvalue weighted by Crippen LogP contribution is -2.07. The Hall–Kier alpha value is -3.71. The zero-order valence-electron chi connectivity index (χ0n) is 14.1. The van der Waals surface area contributed by atoms with E-state index in [2.05, 4.69) is 19.9 Å². The van der Waals surface area contributed by atoms with E-state index < -0.39 is 91.6 Å². The van der Waals surface area contributed by atoms with Crippen LogP contribution in [0.25, 0.3) is 33.4 Å². The Kier molecular flexibility index (Phi) is 4.59. The lowest BCUT2D eigenvalue weighted by atomic mass is 10.0. The van der Waals surface area contributed by atoms with Crippen LogP contribution in [0.5, 0.6) is 0 Å². The molecule has 4 nitrogen and oxygen atoms in total. The van der Waals surface area contributed by atoms with Crippen molar-refractivity contribution < 1.29 is 48.5 Å². The maximum Gasteiger partial charge on any atom is 0.200 e. The van der Waals surface area contributed by atoms with Crippen molar-refractivity contribution >= 4 is 11.0 Å². The highest BCUT2D eigenvalue weighted by atomic mass is 19.2. The molecule has 160 valence electrons. The van der Waals surface area contributed by atoms with E-state index >= 15 is 0 Å². The molecule has 0 aliphatic heterocycles. The van der Waals surface area contributed by atoms with Crippen molar-refractivity contribution in [3.05, 3.63) is 64.4 Å². The first-order chi connectivity index (χ1) is 14.6. The quantitative estimate of drug-likeness (QED) is 0.234. The predicted molar refractivity (Wildman–Crippen MR) is 80.1 cm³/mol. The number of aromatic nitrogens is 3. The third-order valence-corrected chi connectivity index (χ3v) is 4.22. The maximum atomic E-state index is 14.1. The number of hydrogen-bond acceptors (Lipinski definition) is 4. The maximum absolute atomic E-state index is 14.1. The highest BCUT2D eigenvalue weighted by Crippen LogP contribution is 2.39. The summed E-state index contributed by atoms with van der Waals surface area (Å²) in [6.07, 6.45) is 0.345. The standard InChI is InChI=1S/C17HF10N3O/c18-5-3(6(19)10(23)13(26)9(5)22)2-1-28-16(17-15(2)29-31-30-17)4-7(20)11(24)14(27)12(25)8(4)21/h1H. The molecule has 0 fully saturated rings. The van der Waals surface area contributed by atoms with E-state index in [-0.39, 0.29) is 0 Å². The summed E-state index contributed by atoms with van der Waals surface area (Å²) in [6.45, 7) is 0. The van der Waals surface area contributed by atoms with Crippen molar-refractivity contribution in [3.8, 4) is 22.4 Å². The minimum absolute atomic E-state index is 0.345. The topological polar surface area (TPSA) is 51.8 Å². The van der Waals surface area contributed by atoms with Crippen LogP contribution >= 0.6 is 0 Å². The van der Waals surface area contributed by atoms with Crippen LogP contribution < -0.4 is 0 Å². The Morgan fingerprint density at radius 1 is 0.484 bits per heavy atom. The van der Waals surface area contributed by atoms with Crippen LogP contribution in [-0.2, 0) is 0 Å². The Morgan fingerprint density at radius 3 is 1.35 bits per heavy atom. The van der Waals surface area contributed by atoms with Gasteiger partial charge in [-0.2, -0.15) is 0 Å². The normalized spacial score (nSPS) is 11.5. The van der Waals surface area contributed by atoms with Gasteiger partial charge in [0.15, 0.2) is 52.1 Å². The van der Waals surface area contributed by atoms with Crippen LogP contribution in [0, 0.1) is 58.2 Å². The van der Waals surface area contributed by atoms with Crippen molar-refractivity contribution in [2.45, 2.75) is 0 Å². The first kappa shape index (κ1) is 20.6. The average Bonchev–Trinajstić information content (AvgIpc) is 3.25. The molecule has 31 heavy (non-hydrogen) atoms. The first-order valence-corrected chi connectivity index (χ1v) is 7.72. The number of fused-ring (bicyclic) bond motifs is 1. The van der Waals surface area contributed by atoms with E-state index in [1.807, 2.05) is 0 Å². The van der Waals surface area contributed by atoms with E-state index in [1.165, 1.54) is 0 Å². The summed E-state index contributed by atoms with van der Waals surface area (Å²) in [4.78, 5) is 3.35. The fraction of sp³-hybridized carbons (Fsp3) is 0. The Balaban J connectivity index is 2.08. The molecule has 2 aromatic heterocycles. The van der Waals surface area contributed by atoms with E-state index in [1.54, 1.807) is 0 Å². The van der Waals surface area contributed by atoms with Crippen LogP contribution in [0.4, 0.5) is 43.9 Å². The van der Waals surface area contributed by atoms with Gasteiger partial charge in [0.1, 0.15) is 11.2 Å². The summed E-state index contributed by atoms with van der Waals surface area (Å²) in [5, 5.41) is 6.30. The molecule has 0 aliphatic carbocycles. The van der Waals surface area contributed by atoms with Crippen molar-refractivity contribution in [2.24, 2.45) is 0 Å². The van der Waals surface area contributed by atoms with Crippen molar-refractivity contribution in [3.63, 3.8) is 0 Å². The van der Waals surface area contributed by atoms with Gasteiger partial charge in [-0.1, -0.05) is 0 Å². The molecule has 0 unspecified atom stereocenters. The van der Waals surface area contributed by atoms with Crippen LogP contribution in [0.1, 0.15) is 0 Å². The molecule has 0 atom stereocenters. The van der Waals surface area contributed by atoms with Crippen molar-refractivity contribution in [2.75, 3.05) is 0 Å². The number of benzene rings is 2. The molecule has 0 spiro atoms. The largest absolute Gasteiger partial charge is 0.253 e. The molecule has 14 heteroatoms. The van der Waals surface area contributed by atoms with Crippen LogP contribution in [-0.4, -0.2) is 15.3 Å². The van der Waals surface area contributed by atoms with Gasteiger partial charge in [0, 0.05) is 11.8 Å². The molecule has 4 aromatic rings. The molecule has 0 aliphatic rings. The summed E-state index contributed by atoms with van der Waals surface area (Å²) in [7, 11) is 0. The zero-order valence-corrected chi connectivity index (χ0v) is 14.1. The number of halogens is 10. The van der Waals surface area contributed by atoms with Gasteiger partial charge >= 0.3 is 0 Å². The molecule has 0 N–H and O–H groups in total. The Morgan fingerprint density at radius 2 is 0.871 bits per heavy atom. The second-order valence-corrected chi connectivity index (χ2v) is 5.87. The van der Waals surface area contributed by atoms with Gasteiger partial charge in [0.2, 0.25) is 11.6 Å². The smallest absolute Gasteiger partial charge is 0.200 e. The van der Waals surface area contributed by atoms with Gasteiger partial charge < -0.3 is 0 Å². The van der Waals surface area contributed by atoms with Crippen LogP contribution in [0.15, 0.2) is 10.8 Å². The highest BCUT2D eigenvalue weighted by Gasteiger charge is 2.32. The molecule has 0 radical (unpaired) electrons. The van der Waals surface area contributed by atoms with Gasteiger partial charge in [0.05, 0.1) is 11.1 Å². The minimum Gasteiger partial charge on any atom is -0.253 e. The fourth-order valence-electron chi connectivity index (χ4n) is 2.79. The molecule has 0 saturated heterocycles. The van der Waals surface area contributed by atoms with E-state index in [0.717, 1.165) is 0 Å². The SMILES string of the molecule is Fc1c(F)c(F)c(-c2cnc(-c3c(F)c(F)c(F)c(F)c3F)c3nonc23)c(F)c1F. The third kappa shape index (κ3) is 2.74. The predicted octanol–water partition coefficient (Wildman–Crippen LogP) is 5.34. The summed E-state index contributed by atoms with van der Waals surface area (Å²) >= 11 is 0. The molecular weight excluding hydrogens is 452 g/mol. The number of pyridine rings is 1. The number of nitrogens with zero attached hydrogens (tertiary/aromatic N) is 3. The van der Waals surface area contributed by atoms with E-state index in [0.29, 0.717) is 6.20 Å². The molecule has 4 rings (SSSR count). The molecule has 0 saturated carbocycles. The van der Waals surface area contributed by atoms with Gasteiger partial charge in [-0.3, -0.25) is 4.98 Å². The van der Waals surface area contributed by atoms with Crippen LogP contribution in [0.2, 0.25) is 0 Å².